The highest BCUT2D eigenvalue weighted by molar-refractivity contribution is 7.89. The van der Waals surface area contributed by atoms with Crippen molar-refractivity contribution < 1.29 is 17.6 Å². The molecule has 1 amide bonds. The van der Waals surface area contributed by atoms with Crippen LogP contribution in [-0.4, -0.2) is 20.9 Å². The molecule has 0 atom stereocenters. The first-order valence-electron chi connectivity index (χ1n) is 5.82. The lowest BCUT2D eigenvalue weighted by molar-refractivity contribution is 0.0951. The molecule has 3 N–H and O–H groups in total. The summed E-state index contributed by atoms with van der Waals surface area (Å²) >= 11 is 0. The number of nitrogens with two attached hydrogens (primary N) is 1. The highest BCUT2D eigenvalue weighted by Crippen LogP contribution is 2.15. The van der Waals surface area contributed by atoms with Crippen molar-refractivity contribution in [1.29, 1.82) is 0 Å². The van der Waals surface area contributed by atoms with Crippen molar-refractivity contribution in [1.82, 2.24) is 5.32 Å². The minimum absolute atomic E-state index is 0.0641. The van der Waals surface area contributed by atoms with Gasteiger partial charge in [-0.1, -0.05) is 13.8 Å². The summed E-state index contributed by atoms with van der Waals surface area (Å²) in [5.74, 6) is -0.986. The van der Waals surface area contributed by atoms with Gasteiger partial charge in [-0.15, -0.1) is 0 Å². The number of sulfonamides is 1. The Balaban J connectivity index is 2.88. The van der Waals surface area contributed by atoms with Crippen molar-refractivity contribution in [3.63, 3.8) is 0 Å². The van der Waals surface area contributed by atoms with Gasteiger partial charge < -0.3 is 5.32 Å². The molecule has 0 unspecified atom stereocenters. The van der Waals surface area contributed by atoms with Crippen LogP contribution in [0.15, 0.2) is 23.1 Å². The average molecular weight is 288 g/mol. The highest BCUT2D eigenvalue weighted by Gasteiger charge is 2.17. The minimum Gasteiger partial charge on any atom is -0.352 e. The molecule has 19 heavy (non-hydrogen) atoms. The molecule has 1 aromatic carbocycles. The van der Waals surface area contributed by atoms with E-state index in [1.807, 2.05) is 13.8 Å². The molecule has 0 aliphatic heterocycles. The number of nitrogens with one attached hydrogen (secondary N) is 1. The van der Waals surface area contributed by atoms with Crippen LogP contribution in [0.3, 0.4) is 0 Å². The Hall–Kier alpha value is -1.47. The van der Waals surface area contributed by atoms with Gasteiger partial charge >= 0.3 is 0 Å². The zero-order valence-corrected chi connectivity index (χ0v) is 11.6. The molecule has 1 rings (SSSR count). The number of hydrogen-bond donors (Lipinski definition) is 2. The summed E-state index contributed by atoms with van der Waals surface area (Å²) < 4.78 is 35.6. The maximum absolute atomic E-state index is 13.3. The van der Waals surface area contributed by atoms with Gasteiger partial charge in [-0.2, -0.15) is 0 Å². The number of carbonyl (C=O) groups excluding carboxylic acids is 1. The molecule has 5 nitrogen and oxygen atoms in total. The van der Waals surface area contributed by atoms with E-state index in [1.165, 1.54) is 6.07 Å². The van der Waals surface area contributed by atoms with Crippen LogP contribution in [0.2, 0.25) is 0 Å². The van der Waals surface area contributed by atoms with Gasteiger partial charge in [0.05, 0.1) is 0 Å². The monoisotopic (exact) mass is 288 g/mol. The molecule has 0 heterocycles. The molecule has 0 saturated carbocycles. The van der Waals surface area contributed by atoms with Gasteiger partial charge in [0.1, 0.15) is 10.7 Å². The fraction of sp³-hybridized carbons (Fsp3) is 0.417. The van der Waals surface area contributed by atoms with Crippen LogP contribution in [-0.2, 0) is 10.0 Å². The topological polar surface area (TPSA) is 89.3 Å². The van der Waals surface area contributed by atoms with Crippen molar-refractivity contribution >= 4 is 15.9 Å². The van der Waals surface area contributed by atoms with Gasteiger partial charge in [-0.05, 0) is 30.5 Å². The first-order chi connectivity index (χ1) is 8.71. The van der Waals surface area contributed by atoms with E-state index in [4.69, 9.17) is 5.14 Å². The minimum atomic E-state index is -4.18. The van der Waals surface area contributed by atoms with Gasteiger partial charge in [0, 0.05) is 12.1 Å². The van der Waals surface area contributed by atoms with E-state index in [2.05, 4.69) is 5.32 Å². The fourth-order valence-electron chi connectivity index (χ4n) is 1.44. The van der Waals surface area contributed by atoms with Crippen LogP contribution < -0.4 is 10.5 Å². The second-order valence-corrected chi connectivity index (χ2v) is 6.16. The van der Waals surface area contributed by atoms with Gasteiger partial charge in [0.25, 0.3) is 5.91 Å². The molecule has 0 saturated heterocycles. The van der Waals surface area contributed by atoms with Gasteiger partial charge in [0.15, 0.2) is 0 Å². The number of benzene rings is 1. The van der Waals surface area contributed by atoms with Crippen LogP contribution in [0, 0.1) is 11.7 Å². The summed E-state index contributed by atoms with van der Waals surface area (Å²) in [5.41, 5.74) is 0.0641. The SMILES string of the molecule is CC(C)CCNC(=O)c1ccc(F)c(S(N)(=O)=O)c1. The average Bonchev–Trinajstić information content (AvgIpc) is 2.27. The maximum Gasteiger partial charge on any atom is 0.251 e. The number of halogens is 1. The summed E-state index contributed by atoms with van der Waals surface area (Å²) in [6.45, 7) is 4.50. The molecule has 0 fully saturated rings. The lowest BCUT2D eigenvalue weighted by Gasteiger charge is -2.08. The Morgan fingerprint density at radius 2 is 2.05 bits per heavy atom. The van der Waals surface area contributed by atoms with Gasteiger partial charge in [-0.25, -0.2) is 17.9 Å². The second-order valence-electron chi connectivity index (χ2n) is 4.63. The molecule has 1 aromatic rings. The summed E-state index contributed by atoms with van der Waals surface area (Å²) in [5, 5.41) is 7.50. The molecule has 0 bridgehead atoms. The third-order valence-corrected chi connectivity index (χ3v) is 3.43. The fourth-order valence-corrected chi connectivity index (χ4v) is 2.07. The van der Waals surface area contributed by atoms with Crippen molar-refractivity contribution in [2.45, 2.75) is 25.2 Å². The molecule has 106 valence electrons. The Bertz CT molecular complexity index is 570. The second kappa shape index (κ2) is 6.12. The zero-order valence-electron chi connectivity index (χ0n) is 10.8. The standard InChI is InChI=1S/C12H17FN2O3S/c1-8(2)5-6-15-12(16)9-3-4-10(13)11(7-9)19(14,17)18/h3-4,7-8H,5-6H2,1-2H3,(H,15,16)(H2,14,17,18). The van der Waals surface area contributed by atoms with Crippen molar-refractivity contribution in [2.75, 3.05) is 6.54 Å². The van der Waals surface area contributed by atoms with Gasteiger partial charge in [0.2, 0.25) is 10.0 Å². The van der Waals surface area contributed by atoms with E-state index in [0.29, 0.717) is 12.5 Å². The molecule has 0 radical (unpaired) electrons. The summed E-state index contributed by atoms with van der Waals surface area (Å²) in [7, 11) is -4.18. The third kappa shape index (κ3) is 4.60. The first-order valence-corrected chi connectivity index (χ1v) is 7.37. The highest BCUT2D eigenvalue weighted by atomic mass is 32.2. The van der Waals surface area contributed by atoms with E-state index >= 15 is 0 Å². The van der Waals surface area contributed by atoms with Crippen molar-refractivity contribution in [3.8, 4) is 0 Å². The molecule has 0 spiro atoms. The molecule has 0 aromatic heterocycles. The Morgan fingerprint density at radius 1 is 1.42 bits per heavy atom. The molecule has 0 aliphatic rings. The van der Waals surface area contributed by atoms with Crippen LogP contribution in [0.5, 0.6) is 0 Å². The van der Waals surface area contributed by atoms with E-state index < -0.39 is 26.6 Å². The quantitative estimate of drug-likeness (QED) is 0.854. The van der Waals surface area contributed by atoms with Crippen LogP contribution in [0.4, 0.5) is 4.39 Å². The molecular formula is C12H17FN2O3S. The maximum atomic E-state index is 13.3. The number of rotatable bonds is 5. The van der Waals surface area contributed by atoms with Crippen LogP contribution in [0.25, 0.3) is 0 Å². The lowest BCUT2D eigenvalue weighted by atomic mass is 10.1. The summed E-state index contributed by atoms with van der Waals surface area (Å²) in [6.07, 6.45) is 0.801. The summed E-state index contributed by atoms with van der Waals surface area (Å²) in [6, 6.07) is 3.07. The molecule has 0 aliphatic carbocycles. The molecule has 7 heteroatoms. The number of hydrogen-bond acceptors (Lipinski definition) is 3. The van der Waals surface area contributed by atoms with Crippen molar-refractivity contribution in [3.05, 3.63) is 29.6 Å². The normalized spacial score (nSPS) is 11.6. The third-order valence-electron chi connectivity index (χ3n) is 2.51. The van der Waals surface area contributed by atoms with Gasteiger partial charge in [-0.3, -0.25) is 4.79 Å². The summed E-state index contributed by atoms with van der Waals surface area (Å²) in [4.78, 5) is 11.1. The number of carbonyl (C=O) groups is 1. The smallest absolute Gasteiger partial charge is 0.251 e. The van der Waals surface area contributed by atoms with E-state index in [0.717, 1.165) is 18.6 Å². The lowest BCUT2D eigenvalue weighted by Crippen LogP contribution is -2.26. The van der Waals surface area contributed by atoms with E-state index in [9.17, 15) is 17.6 Å². The Kier molecular flexibility index (Phi) is 5.02. The number of primary sulfonamides is 1. The first kappa shape index (κ1) is 15.6. The Morgan fingerprint density at radius 3 is 2.58 bits per heavy atom. The Labute approximate surface area is 112 Å². The number of amides is 1. The zero-order chi connectivity index (χ0) is 14.6. The van der Waals surface area contributed by atoms with Crippen LogP contribution in [0.1, 0.15) is 30.6 Å². The van der Waals surface area contributed by atoms with E-state index in [-0.39, 0.29) is 5.56 Å². The molecular weight excluding hydrogens is 271 g/mol. The van der Waals surface area contributed by atoms with Crippen LogP contribution >= 0.6 is 0 Å². The predicted octanol–water partition coefficient (Wildman–Crippen LogP) is 1.25. The van der Waals surface area contributed by atoms with Crippen molar-refractivity contribution in [2.24, 2.45) is 11.1 Å². The largest absolute Gasteiger partial charge is 0.352 e. The predicted molar refractivity (Wildman–Crippen MR) is 69.6 cm³/mol. The van der Waals surface area contributed by atoms with E-state index in [1.54, 1.807) is 0 Å².